The molecule has 1 N–H and O–H groups in total. The number of fused-ring (bicyclic) bond motifs is 1. The summed E-state index contributed by atoms with van der Waals surface area (Å²) in [6.07, 6.45) is 4.20. The van der Waals surface area contributed by atoms with Crippen LogP contribution in [0.2, 0.25) is 0 Å². The van der Waals surface area contributed by atoms with E-state index in [9.17, 15) is 4.79 Å². The predicted molar refractivity (Wildman–Crippen MR) is 137 cm³/mol. The highest BCUT2D eigenvalue weighted by molar-refractivity contribution is 5.95. The van der Waals surface area contributed by atoms with Crippen LogP contribution in [0.4, 0.5) is 0 Å². The van der Waals surface area contributed by atoms with Crippen molar-refractivity contribution in [3.63, 3.8) is 0 Å². The first-order chi connectivity index (χ1) is 16.7. The second kappa shape index (κ2) is 11.3. The van der Waals surface area contributed by atoms with Gasteiger partial charge in [0.25, 0.3) is 5.91 Å². The van der Waals surface area contributed by atoms with Crippen molar-refractivity contribution < 1.29 is 9.53 Å². The summed E-state index contributed by atoms with van der Waals surface area (Å²) in [5, 5.41) is 3.04. The van der Waals surface area contributed by atoms with Crippen LogP contribution in [-0.4, -0.2) is 28.6 Å². The van der Waals surface area contributed by atoms with Gasteiger partial charge in [-0.05, 0) is 55.2 Å². The van der Waals surface area contributed by atoms with Gasteiger partial charge in [0.05, 0.1) is 17.6 Å². The molecule has 0 saturated heterocycles. The molecule has 5 nitrogen and oxygen atoms in total. The van der Waals surface area contributed by atoms with E-state index in [1.807, 2.05) is 73.7 Å². The van der Waals surface area contributed by atoms with E-state index in [4.69, 9.17) is 9.72 Å². The topological polar surface area (TPSA) is 56.1 Å². The minimum absolute atomic E-state index is 0.0487. The zero-order chi connectivity index (χ0) is 23.8. The summed E-state index contributed by atoms with van der Waals surface area (Å²) in [6, 6.07) is 23.9. The number of rotatable bonds is 11. The fourth-order valence-electron chi connectivity index (χ4n) is 4.15. The van der Waals surface area contributed by atoms with Gasteiger partial charge in [0.1, 0.15) is 11.6 Å². The molecule has 0 unspecified atom stereocenters. The molecule has 0 radical (unpaired) electrons. The van der Waals surface area contributed by atoms with Crippen LogP contribution in [-0.2, 0) is 19.4 Å². The van der Waals surface area contributed by atoms with Gasteiger partial charge in [0.15, 0.2) is 0 Å². The van der Waals surface area contributed by atoms with E-state index in [1.54, 1.807) is 0 Å². The molecule has 1 amide bonds. The Morgan fingerprint density at radius 3 is 2.68 bits per heavy atom. The summed E-state index contributed by atoms with van der Waals surface area (Å²) in [4.78, 5) is 17.4. The number of nitrogens with zero attached hydrogens (tertiary/aromatic N) is 2. The number of carbonyl (C=O) groups is 1. The summed E-state index contributed by atoms with van der Waals surface area (Å²) in [7, 11) is 0. The van der Waals surface area contributed by atoms with E-state index in [2.05, 4.69) is 28.6 Å². The standard InChI is InChI=1S/C29H31N3O2/c1-3-11-23-13-5-9-17-27(23)34-21-10-20-32-26-16-8-7-15-25(26)31-28(32)18-19-30-29(33)24-14-6-4-12-22(24)2/h3-9,12-17H,1,10-11,18-21H2,2H3,(H,30,33). The average molecular weight is 454 g/mol. The van der Waals surface area contributed by atoms with Gasteiger partial charge in [0.2, 0.25) is 0 Å². The van der Waals surface area contributed by atoms with Crippen LogP contribution in [0.1, 0.15) is 33.7 Å². The summed E-state index contributed by atoms with van der Waals surface area (Å²) in [5.74, 6) is 1.84. The number of ether oxygens (including phenoxy) is 1. The SMILES string of the molecule is C=CCc1ccccc1OCCCn1c(CCNC(=O)c2ccccc2C)nc2ccccc21. The summed E-state index contributed by atoms with van der Waals surface area (Å²) in [5.41, 5.74) is 4.91. The molecule has 0 fully saturated rings. The number of carbonyl (C=O) groups excluding carboxylic acids is 1. The average Bonchev–Trinajstić information content (AvgIpc) is 3.20. The van der Waals surface area contributed by atoms with Gasteiger partial charge < -0.3 is 14.6 Å². The molecule has 0 aliphatic heterocycles. The number of amides is 1. The van der Waals surface area contributed by atoms with Crippen LogP contribution in [0.3, 0.4) is 0 Å². The van der Waals surface area contributed by atoms with E-state index in [1.165, 1.54) is 0 Å². The summed E-state index contributed by atoms with van der Waals surface area (Å²) >= 11 is 0. The minimum atomic E-state index is -0.0487. The molecular weight excluding hydrogens is 422 g/mol. The zero-order valence-corrected chi connectivity index (χ0v) is 19.7. The number of imidazole rings is 1. The molecule has 3 aromatic carbocycles. The number of para-hydroxylation sites is 3. The van der Waals surface area contributed by atoms with Crippen molar-refractivity contribution in [2.24, 2.45) is 0 Å². The molecule has 0 aliphatic rings. The molecule has 34 heavy (non-hydrogen) atoms. The lowest BCUT2D eigenvalue weighted by molar-refractivity contribution is 0.0953. The first-order valence-electron chi connectivity index (χ1n) is 11.8. The molecule has 0 bridgehead atoms. The molecule has 0 aliphatic carbocycles. The maximum absolute atomic E-state index is 12.6. The molecule has 174 valence electrons. The molecule has 1 aromatic heterocycles. The van der Waals surface area contributed by atoms with E-state index < -0.39 is 0 Å². The van der Waals surface area contributed by atoms with Gasteiger partial charge in [0, 0.05) is 25.1 Å². The summed E-state index contributed by atoms with van der Waals surface area (Å²) in [6.45, 7) is 7.72. The molecule has 4 rings (SSSR count). The highest BCUT2D eigenvalue weighted by Crippen LogP contribution is 2.20. The Balaban J connectivity index is 1.39. The van der Waals surface area contributed by atoms with Crippen LogP contribution in [0.5, 0.6) is 5.75 Å². The van der Waals surface area contributed by atoms with Gasteiger partial charge in [-0.15, -0.1) is 6.58 Å². The number of allylic oxidation sites excluding steroid dienone is 1. The number of benzene rings is 3. The quantitative estimate of drug-likeness (QED) is 0.240. The number of aryl methyl sites for hydroxylation is 2. The van der Waals surface area contributed by atoms with Crippen LogP contribution < -0.4 is 10.1 Å². The van der Waals surface area contributed by atoms with Crippen molar-refractivity contribution in [2.75, 3.05) is 13.2 Å². The molecule has 5 heteroatoms. The number of nitrogens with one attached hydrogen (secondary N) is 1. The van der Waals surface area contributed by atoms with Crippen molar-refractivity contribution >= 4 is 16.9 Å². The Morgan fingerprint density at radius 1 is 1.06 bits per heavy atom. The lowest BCUT2D eigenvalue weighted by Gasteiger charge is -2.13. The molecule has 0 atom stereocenters. The van der Waals surface area contributed by atoms with E-state index in [0.29, 0.717) is 25.1 Å². The van der Waals surface area contributed by atoms with E-state index >= 15 is 0 Å². The third-order valence-corrected chi connectivity index (χ3v) is 5.88. The Labute approximate surface area is 201 Å². The van der Waals surface area contributed by atoms with Crippen LogP contribution >= 0.6 is 0 Å². The Morgan fingerprint density at radius 2 is 1.82 bits per heavy atom. The largest absolute Gasteiger partial charge is 0.493 e. The Bertz CT molecular complexity index is 1280. The monoisotopic (exact) mass is 453 g/mol. The van der Waals surface area contributed by atoms with Crippen molar-refractivity contribution in [2.45, 2.75) is 32.7 Å². The normalized spacial score (nSPS) is 10.9. The van der Waals surface area contributed by atoms with Gasteiger partial charge in [-0.1, -0.05) is 54.6 Å². The number of hydrogen-bond donors (Lipinski definition) is 1. The molecular formula is C29H31N3O2. The van der Waals surface area contributed by atoms with Crippen LogP contribution in [0.15, 0.2) is 85.5 Å². The fourth-order valence-corrected chi connectivity index (χ4v) is 4.15. The highest BCUT2D eigenvalue weighted by atomic mass is 16.5. The molecule has 1 heterocycles. The molecule has 4 aromatic rings. The van der Waals surface area contributed by atoms with Gasteiger partial charge >= 0.3 is 0 Å². The first kappa shape index (κ1) is 23.3. The van der Waals surface area contributed by atoms with Crippen molar-refractivity contribution in [3.05, 3.63) is 108 Å². The third kappa shape index (κ3) is 5.54. The molecule has 0 spiro atoms. The second-order valence-electron chi connectivity index (χ2n) is 8.29. The van der Waals surface area contributed by atoms with Crippen LogP contribution in [0.25, 0.3) is 11.0 Å². The molecule has 0 saturated carbocycles. The van der Waals surface area contributed by atoms with Crippen molar-refractivity contribution in [1.82, 2.24) is 14.9 Å². The number of aromatic nitrogens is 2. The zero-order valence-electron chi connectivity index (χ0n) is 19.7. The third-order valence-electron chi connectivity index (χ3n) is 5.88. The van der Waals surface area contributed by atoms with Crippen LogP contribution in [0, 0.1) is 6.92 Å². The fraction of sp³-hybridized carbons (Fsp3) is 0.241. The lowest BCUT2D eigenvalue weighted by atomic mass is 10.1. The maximum Gasteiger partial charge on any atom is 0.251 e. The minimum Gasteiger partial charge on any atom is -0.493 e. The lowest BCUT2D eigenvalue weighted by Crippen LogP contribution is -2.27. The number of hydrogen-bond acceptors (Lipinski definition) is 3. The van der Waals surface area contributed by atoms with Gasteiger partial charge in [-0.3, -0.25) is 4.79 Å². The van der Waals surface area contributed by atoms with Crippen molar-refractivity contribution in [3.8, 4) is 5.75 Å². The van der Waals surface area contributed by atoms with Gasteiger partial charge in [-0.2, -0.15) is 0 Å². The van der Waals surface area contributed by atoms with E-state index in [0.717, 1.165) is 53.1 Å². The predicted octanol–water partition coefficient (Wildman–Crippen LogP) is 5.51. The smallest absolute Gasteiger partial charge is 0.251 e. The first-order valence-corrected chi connectivity index (χ1v) is 11.8. The highest BCUT2D eigenvalue weighted by Gasteiger charge is 2.12. The summed E-state index contributed by atoms with van der Waals surface area (Å²) < 4.78 is 8.32. The maximum atomic E-state index is 12.6. The Kier molecular flexibility index (Phi) is 7.76. The van der Waals surface area contributed by atoms with E-state index in [-0.39, 0.29) is 5.91 Å². The van der Waals surface area contributed by atoms with Crippen molar-refractivity contribution in [1.29, 1.82) is 0 Å². The Hall–Kier alpha value is -3.86. The second-order valence-corrected chi connectivity index (χ2v) is 8.29. The van der Waals surface area contributed by atoms with Gasteiger partial charge in [-0.25, -0.2) is 4.98 Å².